The molecule has 19 heavy (non-hydrogen) atoms. The Hall–Kier alpha value is -0.820. The molecule has 0 heterocycles. The van der Waals surface area contributed by atoms with Crippen LogP contribution in [0.5, 0.6) is 0 Å². The first-order valence-corrected chi connectivity index (χ1v) is 7.87. The zero-order chi connectivity index (χ0) is 14.1. The number of hydrogen-bond donors (Lipinski definition) is 1. The van der Waals surface area contributed by atoms with Crippen molar-refractivity contribution in [2.75, 3.05) is 6.54 Å². The molecule has 0 spiro atoms. The van der Waals surface area contributed by atoms with Crippen molar-refractivity contribution in [1.82, 2.24) is 5.32 Å². The summed E-state index contributed by atoms with van der Waals surface area (Å²) in [6, 6.07) is 11.5. The lowest BCUT2D eigenvalue weighted by atomic mass is 9.79. The lowest BCUT2D eigenvalue weighted by Crippen LogP contribution is -2.42. The highest BCUT2D eigenvalue weighted by Crippen LogP contribution is 2.28. The van der Waals surface area contributed by atoms with Crippen LogP contribution in [0.1, 0.15) is 58.9 Å². The fraction of sp³-hybridized carbons (Fsp3) is 0.667. The maximum atomic E-state index is 3.75. The molecule has 0 saturated heterocycles. The normalized spacial score (nSPS) is 13.5. The highest BCUT2D eigenvalue weighted by Gasteiger charge is 2.26. The van der Waals surface area contributed by atoms with Gasteiger partial charge in [0.2, 0.25) is 0 Å². The summed E-state index contributed by atoms with van der Waals surface area (Å²) in [4.78, 5) is 0. The van der Waals surface area contributed by atoms with Gasteiger partial charge in [0.05, 0.1) is 0 Å². The molecule has 0 aliphatic heterocycles. The van der Waals surface area contributed by atoms with E-state index in [9.17, 15) is 0 Å². The van der Waals surface area contributed by atoms with Crippen molar-refractivity contribution >= 4 is 0 Å². The molecule has 1 aromatic rings. The van der Waals surface area contributed by atoms with Crippen molar-refractivity contribution in [2.24, 2.45) is 5.41 Å². The first-order valence-electron chi connectivity index (χ1n) is 7.87. The van der Waals surface area contributed by atoms with Gasteiger partial charge in [-0.1, -0.05) is 58.0 Å². The SMILES string of the molecule is CCCNC(CCCc1ccccc1)C(C)(C)CC. The van der Waals surface area contributed by atoms with Gasteiger partial charge in [0.25, 0.3) is 0 Å². The zero-order valence-electron chi connectivity index (χ0n) is 13.2. The summed E-state index contributed by atoms with van der Waals surface area (Å²) in [5.74, 6) is 0. The second-order valence-electron chi connectivity index (χ2n) is 6.23. The van der Waals surface area contributed by atoms with Crippen LogP contribution in [-0.2, 0) is 6.42 Å². The third-order valence-corrected chi connectivity index (χ3v) is 4.30. The lowest BCUT2D eigenvalue weighted by molar-refractivity contribution is 0.217. The van der Waals surface area contributed by atoms with Gasteiger partial charge in [-0.25, -0.2) is 0 Å². The predicted molar refractivity (Wildman–Crippen MR) is 85.5 cm³/mol. The lowest BCUT2D eigenvalue weighted by Gasteiger charge is -2.34. The van der Waals surface area contributed by atoms with E-state index < -0.39 is 0 Å². The minimum absolute atomic E-state index is 0.395. The predicted octanol–water partition coefficient (Wildman–Crippen LogP) is 4.81. The molecule has 1 aromatic carbocycles. The summed E-state index contributed by atoms with van der Waals surface area (Å²) in [5.41, 5.74) is 1.86. The molecule has 0 bridgehead atoms. The van der Waals surface area contributed by atoms with Crippen LogP contribution >= 0.6 is 0 Å². The third kappa shape index (κ3) is 5.78. The average Bonchev–Trinajstić information content (AvgIpc) is 2.43. The molecule has 0 amide bonds. The quantitative estimate of drug-likeness (QED) is 0.672. The fourth-order valence-corrected chi connectivity index (χ4v) is 2.49. The Morgan fingerprint density at radius 1 is 1.11 bits per heavy atom. The van der Waals surface area contributed by atoms with Crippen LogP contribution in [0.2, 0.25) is 0 Å². The van der Waals surface area contributed by atoms with Gasteiger partial charge >= 0.3 is 0 Å². The van der Waals surface area contributed by atoms with Crippen molar-refractivity contribution in [3.8, 4) is 0 Å². The molecule has 0 radical (unpaired) electrons. The van der Waals surface area contributed by atoms with E-state index in [-0.39, 0.29) is 0 Å². The van der Waals surface area contributed by atoms with Crippen LogP contribution < -0.4 is 5.32 Å². The minimum Gasteiger partial charge on any atom is -0.313 e. The van der Waals surface area contributed by atoms with Crippen LogP contribution in [0.3, 0.4) is 0 Å². The van der Waals surface area contributed by atoms with E-state index in [2.05, 4.69) is 63.3 Å². The van der Waals surface area contributed by atoms with E-state index in [1.54, 1.807) is 0 Å². The van der Waals surface area contributed by atoms with Crippen molar-refractivity contribution in [1.29, 1.82) is 0 Å². The second kappa shape index (κ2) is 8.37. The molecule has 1 N–H and O–H groups in total. The molecule has 0 fully saturated rings. The summed E-state index contributed by atoms with van der Waals surface area (Å²) in [7, 11) is 0. The molecule has 0 saturated carbocycles. The van der Waals surface area contributed by atoms with Gasteiger partial charge in [0, 0.05) is 6.04 Å². The number of nitrogens with one attached hydrogen (secondary N) is 1. The van der Waals surface area contributed by atoms with Crippen LogP contribution in [-0.4, -0.2) is 12.6 Å². The molecule has 1 unspecified atom stereocenters. The molecule has 1 nitrogen and oxygen atoms in total. The monoisotopic (exact) mass is 261 g/mol. The first kappa shape index (κ1) is 16.2. The van der Waals surface area contributed by atoms with Crippen molar-refractivity contribution < 1.29 is 0 Å². The zero-order valence-corrected chi connectivity index (χ0v) is 13.2. The van der Waals surface area contributed by atoms with Crippen molar-refractivity contribution in [2.45, 2.75) is 65.8 Å². The highest BCUT2D eigenvalue weighted by atomic mass is 14.9. The topological polar surface area (TPSA) is 12.0 Å². The maximum absolute atomic E-state index is 3.75. The highest BCUT2D eigenvalue weighted by molar-refractivity contribution is 5.14. The summed E-state index contributed by atoms with van der Waals surface area (Å²) >= 11 is 0. The van der Waals surface area contributed by atoms with Crippen LogP contribution in [0.15, 0.2) is 30.3 Å². The van der Waals surface area contributed by atoms with Gasteiger partial charge in [-0.2, -0.15) is 0 Å². The van der Waals surface area contributed by atoms with Gasteiger partial charge in [-0.3, -0.25) is 0 Å². The third-order valence-electron chi connectivity index (χ3n) is 4.30. The molecule has 0 aromatic heterocycles. The number of aryl methyl sites for hydroxylation is 1. The minimum atomic E-state index is 0.395. The van der Waals surface area contributed by atoms with Crippen LogP contribution in [0, 0.1) is 5.41 Å². The molecule has 1 heteroatoms. The second-order valence-corrected chi connectivity index (χ2v) is 6.23. The van der Waals surface area contributed by atoms with E-state index in [0.29, 0.717) is 11.5 Å². The number of benzene rings is 1. The summed E-state index contributed by atoms with van der Waals surface area (Å²) in [6.45, 7) is 10.5. The molecule has 108 valence electrons. The van der Waals surface area contributed by atoms with Crippen LogP contribution in [0.4, 0.5) is 0 Å². The molecular weight excluding hydrogens is 230 g/mol. The molecule has 0 aliphatic carbocycles. The maximum Gasteiger partial charge on any atom is 0.0118 e. The Morgan fingerprint density at radius 2 is 1.79 bits per heavy atom. The van der Waals surface area contributed by atoms with Gasteiger partial charge < -0.3 is 5.32 Å². The largest absolute Gasteiger partial charge is 0.313 e. The van der Waals surface area contributed by atoms with Crippen LogP contribution in [0.25, 0.3) is 0 Å². The summed E-state index contributed by atoms with van der Waals surface area (Å²) in [6.07, 6.45) is 6.20. The Morgan fingerprint density at radius 3 is 2.37 bits per heavy atom. The van der Waals surface area contributed by atoms with Gasteiger partial charge in [0.1, 0.15) is 0 Å². The average molecular weight is 261 g/mol. The Bertz CT molecular complexity index is 329. The van der Waals surface area contributed by atoms with E-state index >= 15 is 0 Å². The van der Waals surface area contributed by atoms with Crippen molar-refractivity contribution in [3.63, 3.8) is 0 Å². The van der Waals surface area contributed by atoms with Crippen molar-refractivity contribution in [3.05, 3.63) is 35.9 Å². The standard InChI is InChI=1S/C18H31N/c1-5-15-19-17(18(3,4)6-2)14-10-13-16-11-8-7-9-12-16/h7-9,11-12,17,19H,5-6,10,13-15H2,1-4H3. The van der Waals surface area contributed by atoms with E-state index in [4.69, 9.17) is 0 Å². The number of rotatable bonds is 9. The first-order chi connectivity index (χ1) is 9.10. The summed E-state index contributed by atoms with van der Waals surface area (Å²) in [5, 5.41) is 3.75. The van der Waals surface area contributed by atoms with E-state index in [1.165, 1.54) is 37.7 Å². The number of hydrogen-bond acceptors (Lipinski definition) is 1. The fourth-order valence-electron chi connectivity index (χ4n) is 2.49. The van der Waals surface area contributed by atoms with Gasteiger partial charge in [0.15, 0.2) is 0 Å². The Balaban J connectivity index is 2.44. The van der Waals surface area contributed by atoms with E-state index in [1.807, 2.05) is 0 Å². The molecule has 0 aliphatic rings. The Kier molecular flexibility index (Phi) is 7.15. The van der Waals surface area contributed by atoms with Gasteiger partial charge in [-0.05, 0) is 49.6 Å². The molecule has 1 atom stereocenters. The smallest absolute Gasteiger partial charge is 0.0118 e. The van der Waals surface area contributed by atoms with Gasteiger partial charge in [-0.15, -0.1) is 0 Å². The van der Waals surface area contributed by atoms with E-state index in [0.717, 1.165) is 6.54 Å². The Labute approximate surface area is 119 Å². The molecular formula is C18H31N. The summed E-state index contributed by atoms with van der Waals surface area (Å²) < 4.78 is 0. The molecule has 1 rings (SSSR count).